The zero-order valence-electron chi connectivity index (χ0n) is 17.3. The van der Waals surface area contributed by atoms with E-state index in [-0.39, 0.29) is 0 Å². The maximum Gasteiger partial charge on any atom is 0.169 e. The van der Waals surface area contributed by atoms with Crippen LogP contribution in [0.15, 0.2) is 24.5 Å². The summed E-state index contributed by atoms with van der Waals surface area (Å²) in [5, 5.41) is 0. The van der Waals surface area contributed by atoms with Crippen LogP contribution >= 0.6 is 0 Å². The molecule has 0 fully saturated rings. The lowest BCUT2D eigenvalue weighted by atomic mass is 10.1. The lowest BCUT2D eigenvalue weighted by molar-refractivity contribution is -0.697. The van der Waals surface area contributed by atoms with Crippen molar-refractivity contribution in [3.63, 3.8) is 0 Å². The van der Waals surface area contributed by atoms with Crippen molar-refractivity contribution >= 4 is 0 Å². The second kappa shape index (κ2) is 16.6. The minimum absolute atomic E-state index is 1.19. The highest BCUT2D eigenvalue weighted by Crippen LogP contribution is 2.10. The summed E-state index contributed by atoms with van der Waals surface area (Å²) in [6.45, 7) is 5.76. The Balaban J connectivity index is 2.00. The van der Waals surface area contributed by atoms with Crippen LogP contribution in [0.1, 0.15) is 116 Å². The molecule has 1 rings (SSSR count). The van der Waals surface area contributed by atoms with Crippen LogP contribution in [0.25, 0.3) is 0 Å². The molecule has 0 spiro atoms. The highest BCUT2D eigenvalue weighted by Gasteiger charge is 2.01. The molecule has 0 saturated carbocycles. The van der Waals surface area contributed by atoms with E-state index in [1.807, 2.05) is 0 Å². The van der Waals surface area contributed by atoms with Gasteiger partial charge in [0.2, 0.25) is 0 Å². The molecule has 0 N–H and O–H groups in total. The molecule has 1 heteroatoms. The van der Waals surface area contributed by atoms with Crippen LogP contribution in [-0.2, 0) is 13.0 Å². The Labute approximate surface area is 158 Å². The van der Waals surface area contributed by atoms with Gasteiger partial charge in [-0.3, -0.25) is 0 Å². The van der Waals surface area contributed by atoms with Crippen LogP contribution in [0, 0.1) is 0 Å². The van der Waals surface area contributed by atoms with Crippen LogP contribution < -0.4 is 4.57 Å². The highest BCUT2D eigenvalue weighted by molar-refractivity contribution is 5.07. The predicted octanol–water partition coefficient (Wildman–Crippen LogP) is 7.41. The van der Waals surface area contributed by atoms with Crippen molar-refractivity contribution in [2.24, 2.45) is 0 Å². The number of aryl methyl sites for hydroxylation is 2. The van der Waals surface area contributed by atoms with Gasteiger partial charge in [-0.05, 0) is 24.8 Å². The topological polar surface area (TPSA) is 3.88 Å². The number of rotatable bonds is 17. The van der Waals surface area contributed by atoms with Gasteiger partial charge in [0.25, 0.3) is 0 Å². The van der Waals surface area contributed by atoms with Crippen molar-refractivity contribution in [2.75, 3.05) is 0 Å². The Morgan fingerprint density at radius 1 is 0.560 bits per heavy atom. The summed E-state index contributed by atoms with van der Waals surface area (Å²) in [6.07, 6.45) is 26.9. The number of hydrogen-bond acceptors (Lipinski definition) is 0. The number of unbranched alkanes of at least 4 members (excludes halogenated alkanes) is 13. The number of hydrogen-bond donors (Lipinski definition) is 0. The summed E-state index contributed by atoms with van der Waals surface area (Å²) in [4.78, 5) is 0. The summed E-state index contributed by atoms with van der Waals surface area (Å²) in [6, 6.07) is 4.67. The fourth-order valence-electron chi connectivity index (χ4n) is 3.52. The summed E-state index contributed by atoms with van der Waals surface area (Å²) in [5.74, 6) is 0. The van der Waals surface area contributed by atoms with Crippen LogP contribution in [-0.4, -0.2) is 0 Å². The summed E-state index contributed by atoms with van der Waals surface area (Å²) in [5.41, 5.74) is 1.51. The first-order valence-corrected chi connectivity index (χ1v) is 11.3. The van der Waals surface area contributed by atoms with E-state index < -0.39 is 0 Å². The average molecular weight is 347 g/mol. The zero-order valence-corrected chi connectivity index (χ0v) is 17.3. The molecule has 0 aliphatic carbocycles. The van der Waals surface area contributed by atoms with Crippen LogP contribution in [0.3, 0.4) is 0 Å². The van der Waals surface area contributed by atoms with E-state index in [4.69, 9.17) is 0 Å². The molecule has 0 aliphatic heterocycles. The maximum atomic E-state index is 2.37. The van der Waals surface area contributed by atoms with Crippen molar-refractivity contribution in [3.05, 3.63) is 30.1 Å². The summed E-state index contributed by atoms with van der Waals surface area (Å²) >= 11 is 0. The van der Waals surface area contributed by atoms with Crippen molar-refractivity contribution in [2.45, 2.75) is 123 Å². The predicted molar refractivity (Wildman–Crippen MR) is 111 cm³/mol. The molecule has 0 bridgehead atoms. The second-order valence-corrected chi connectivity index (χ2v) is 7.79. The smallest absolute Gasteiger partial charge is 0.169 e. The van der Waals surface area contributed by atoms with Crippen molar-refractivity contribution in [1.29, 1.82) is 0 Å². The maximum absolute atomic E-state index is 2.37. The van der Waals surface area contributed by atoms with E-state index in [0.717, 1.165) is 0 Å². The van der Waals surface area contributed by atoms with Crippen molar-refractivity contribution in [1.82, 2.24) is 0 Å². The Hall–Kier alpha value is -0.850. The Morgan fingerprint density at radius 3 is 1.52 bits per heavy atom. The van der Waals surface area contributed by atoms with Crippen LogP contribution in [0.2, 0.25) is 0 Å². The summed E-state index contributed by atoms with van der Waals surface area (Å²) < 4.78 is 2.37. The monoisotopic (exact) mass is 346 g/mol. The van der Waals surface area contributed by atoms with E-state index in [1.165, 1.54) is 115 Å². The molecule has 0 aliphatic rings. The van der Waals surface area contributed by atoms with Gasteiger partial charge in [-0.25, -0.2) is 4.57 Å². The van der Waals surface area contributed by atoms with Gasteiger partial charge in [0.15, 0.2) is 12.4 Å². The number of aromatic nitrogens is 1. The zero-order chi connectivity index (χ0) is 18.0. The van der Waals surface area contributed by atoms with Gasteiger partial charge in [0.1, 0.15) is 6.54 Å². The summed E-state index contributed by atoms with van der Waals surface area (Å²) in [7, 11) is 0. The first-order valence-electron chi connectivity index (χ1n) is 11.3. The Morgan fingerprint density at radius 2 is 1.00 bits per heavy atom. The quantitative estimate of drug-likeness (QED) is 0.204. The highest BCUT2D eigenvalue weighted by atomic mass is 14.9. The SMILES string of the molecule is CCCCCCCCCC[n+]1ccc(CCCCCCCCC)cc1. The van der Waals surface area contributed by atoms with E-state index >= 15 is 0 Å². The molecule has 144 valence electrons. The lowest BCUT2D eigenvalue weighted by Gasteiger charge is -2.03. The van der Waals surface area contributed by atoms with E-state index in [0.29, 0.717) is 0 Å². The van der Waals surface area contributed by atoms with Gasteiger partial charge in [0, 0.05) is 18.6 Å². The molecule has 0 saturated heterocycles. The molecule has 1 aromatic rings. The molecular formula is C24H44N+. The van der Waals surface area contributed by atoms with Gasteiger partial charge in [-0.1, -0.05) is 90.9 Å². The molecule has 0 amide bonds. The average Bonchev–Trinajstić information content (AvgIpc) is 2.64. The molecular weight excluding hydrogens is 302 g/mol. The largest absolute Gasteiger partial charge is 0.205 e. The van der Waals surface area contributed by atoms with Gasteiger partial charge in [-0.2, -0.15) is 0 Å². The lowest BCUT2D eigenvalue weighted by Crippen LogP contribution is -2.32. The second-order valence-electron chi connectivity index (χ2n) is 7.79. The third kappa shape index (κ3) is 13.1. The third-order valence-electron chi connectivity index (χ3n) is 5.30. The van der Waals surface area contributed by atoms with E-state index in [2.05, 4.69) is 42.9 Å². The molecule has 1 aromatic heterocycles. The molecule has 1 nitrogen and oxygen atoms in total. The molecule has 1 heterocycles. The van der Waals surface area contributed by atoms with Crippen LogP contribution in [0.5, 0.6) is 0 Å². The van der Waals surface area contributed by atoms with Gasteiger partial charge in [0.05, 0.1) is 0 Å². The van der Waals surface area contributed by atoms with Gasteiger partial charge < -0.3 is 0 Å². The minimum Gasteiger partial charge on any atom is -0.205 e. The molecule has 0 unspecified atom stereocenters. The van der Waals surface area contributed by atoms with Gasteiger partial charge >= 0.3 is 0 Å². The third-order valence-corrected chi connectivity index (χ3v) is 5.30. The molecule has 25 heavy (non-hydrogen) atoms. The Bertz CT molecular complexity index is 382. The van der Waals surface area contributed by atoms with Crippen LogP contribution in [0.4, 0.5) is 0 Å². The number of pyridine rings is 1. The van der Waals surface area contributed by atoms with Crippen molar-refractivity contribution < 1.29 is 4.57 Å². The molecule has 0 radical (unpaired) electrons. The van der Waals surface area contributed by atoms with E-state index in [1.54, 1.807) is 0 Å². The first kappa shape index (κ1) is 22.2. The van der Waals surface area contributed by atoms with E-state index in [9.17, 15) is 0 Å². The molecule has 0 aromatic carbocycles. The number of nitrogens with zero attached hydrogens (tertiary/aromatic N) is 1. The van der Waals surface area contributed by atoms with Crippen molar-refractivity contribution in [3.8, 4) is 0 Å². The Kier molecular flexibility index (Phi) is 14.7. The normalized spacial score (nSPS) is 11.1. The molecule has 0 atom stereocenters. The van der Waals surface area contributed by atoms with Gasteiger partial charge in [-0.15, -0.1) is 0 Å². The fourth-order valence-corrected chi connectivity index (χ4v) is 3.52. The standard InChI is InChI=1S/C24H44N/c1-3-5-7-9-11-13-15-17-21-25-22-19-24(20-23-25)18-16-14-12-10-8-6-4-2/h19-20,22-23H,3-18,21H2,1-2H3/q+1. The minimum atomic E-state index is 1.19. The first-order chi connectivity index (χ1) is 12.4. The fraction of sp³-hybridized carbons (Fsp3) is 0.792.